The van der Waals surface area contributed by atoms with Gasteiger partial charge in [-0.05, 0) is 40.2 Å². The summed E-state index contributed by atoms with van der Waals surface area (Å²) >= 11 is 0. The topological polar surface area (TPSA) is 36.7 Å². The highest BCUT2D eigenvalue weighted by molar-refractivity contribution is 5.53. The normalized spacial score (nSPS) is 24.0. The number of likely N-dealkylation sites (tertiary alicyclic amines) is 1. The number of rotatable bonds is 2. The summed E-state index contributed by atoms with van der Waals surface area (Å²) in [4.78, 5) is 9.73. The molecule has 1 atom stereocenters. The summed E-state index contributed by atoms with van der Waals surface area (Å²) in [5.41, 5.74) is 3.06. The van der Waals surface area contributed by atoms with Crippen molar-refractivity contribution in [2.75, 3.05) is 24.5 Å². The van der Waals surface area contributed by atoms with Crippen molar-refractivity contribution in [1.82, 2.24) is 19.5 Å². The van der Waals surface area contributed by atoms with Crippen molar-refractivity contribution in [1.29, 1.82) is 0 Å². The van der Waals surface area contributed by atoms with Crippen LogP contribution in [-0.2, 0) is 0 Å². The molecule has 4 rings (SSSR count). The van der Waals surface area contributed by atoms with Gasteiger partial charge in [0.15, 0.2) is 5.65 Å². The molecule has 0 saturated carbocycles. The van der Waals surface area contributed by atoms with Crippen molar-refractivity contribution >= 4 is 11.5 Å². The first-order valence-corrected chi connectivity index (χ1v) is 8.46. The van der Waals surface area contributed by atoms with Crippen LogP contribution in [0.15, 0.2) is 12.1 Å². The Balaban J connectivity index is 1.55. The highest BCUT2D eigenvalue weighted by Gasteiger charge is 2.36. The fourth-order valence-electron chi connectivity index (χ4n) is 3.94. The zero-order chi connectivity index (χ0) is 15.3. The molecule has 2 fully saturated rings. The van der Waals surface area contributed by atoms with E-state index in [1.807, 2.05) is 11.4 Å². The number of nitrogens with zero attached hydrogens (tertiary/aromatic N) is 5. The smallest absolute Gasteiger partial charge is 0.157 e. The Bertz CT molecular complexity index is 686. The van der Waals surface area contributed by atoms with E-state index in [1.54, 1.807) is 0 Å². The van der Waals surface area contributed by atoms with Crippen LogP contribution in [0.5, 0.6) is 0 Å². The molecule has 2 aliphatic rings. The first kappa shape index (κ1) is 14.0. The highest BCUT2D eigenvalue weighted by atomic mass is 15.4. The minimum Gasteiger partial charge on any atom is -0.353 e. The van der Waals surface area contributed by atoms with E-state index in [2.05, 4.69) is 45.9 Å². The van der Waals surface area contributed by atoms with Crippen LogP contribution < -0.4 is 4.90 Å². The Labute approximate surface area is 131 Å². The molecule has 0 aliphatic carbocycles. The van der Waals surface area contributed by atoms with Gasteiger partial charge in [-0.1, -0.05) is 6.42 Å². The second-order valence-corrected chi connectivity index (χ2v) is 6.95. The van der Waals surface area contributed by atoms with E-state index in [4.69, 9.17) is 0 Å². The molecule has 0 N–H and O–H groups in total. The van der Waals surface area contributed by atoms with Gasteiger partial charge in [0.05, 0.1) is 5.69 Å². The third kappa shape index (κ3) is 2.28. The van der Waals surface area contributed by atoms with E-state index >= 15 is 0 Å². The number of fused-ring (bicyclic) bond motifs is 1. The molecule has 0 amide bonds. The van der Waals surface area contributed by atoms with Crippen molar-refractivity contribution in [3.8, 4) is 0 Å². The number of hydrogen-bond donors (Lipinski definition) is 0. The zero-order valence-electron chi connectivity index (χ0n) is 13.8. The summed E-state index contributed by atoms with van der Waals surface area (Å²) in [6.45, 7) is 9.97. The third-order valence-electron chi connectivity index (χ3n) is 5.17. The number of aromatic nitrogens is 3. The van der Waals surface area contributed by atoms with Crippen molar-refractivity contribution in [3.63, 3.8) is 0 Å². The highest BCUT2D eigenvalue weighted by Crippen LogP contribution is 2.28. The van der Waals surface area contributed by atoms with Crippen LogP contribution in [0.3, 0.4) is 0 Å². The van der Waals surface area contributed by atoms with Crippen molar-refractivity contribution < 1.29 is 0 Å². The van der Waals surface area contributed by atoms with Crippen LogP contribution >= 0.6 is 0 Å². The molecule has 0 bridgehead atoms. The lowest BCUT2D eigenvalue weighted by Gasteiger charge is -2.50. The lowest BCUT2D eigenvalue weighted by molar-refractivity contribution is 0.0871. The van der Waals surface area contributed by atoms with Crippen LogP contribution in [-0.4, -0.2) is 51.2 Å². The summed E-state index contributed by atoms with van der Waals surface area (Å²) in [5, 5.41) is 4.61. The lowest BCUT2D eigenvalue weighted by Crippen LogP contribution is -2.62. The van der Waals surface area contributed by atoms with E-state index in [1.165, 1.54) is 31.6 Å². The molecule has 2 aromatic rings. The average Bonchev–Trinajstić information content (AvgIpc) is 2.79. The molecule has 22 heavy (non-hydrogen) atoms. The maximum atomic E-state index is 4.61. The van der Waals surface area contributed by atoms with Gasteiger partial charge in [-0.3, -0.25) is 4.90 Å². The molecule has 1 unspecified atom stereocenters. The lowest BCUT2D eigenvalue weighted by atomic mass is 9.97. The Kier molecular flexibility index (Phi) is 3.33. The summed E-state index contributed by atoms with van der Waals surface area (Å²) < 4.78 is 2.00. The third-order valence-corrected chi connectivity index (χ3v) is 5.17. The van der Waals surface area contributed by atoms with Gasteiger partial charge in [0.25, 0.3) is 0 Å². The maximum Gasteiger partial charge on any atom is 0.157 e. The molecule has 2 saturated heterocycles. The standard InChI is InChI=1S/C17H25N5/c1-12-9-17(22-16(18-12)8-13(2)19-22)20-10-15(11-20)21-7-5-4-6-14(21)3/h8-9,14-15H,4-7,10-11H2,1-3H3. The van der Waals surface area contributed by atoms with Gasteiger partial charge >= 0.3 is 0 Å². The van der Waals surface area contributed by atoms with E-state index in [0.717, 1.165) is 36.2 Å². The largest absolute Gasteiger partial charge is 0.353 e. The summed E-state index contributed by atoms with van der Waals surface area (Å²) in [5.74, 6) is 1.19. The summed E-state index contributed by atoms with van der Waals surface area (Å²) in [6.07, 6.45) is 4.11. The number of aryl methyl sites for hydroxylation is 2. The van der Waals surface area contributed by atoms with Gasteiger partial charge in [-0.25, -0.2) is 4.98 Å². The Morgan fingerprint density at radius 2 is 1.91 bits per heavy atom. The quantitative estimate of drug-likeness (QED) is 0.853. The van der Waals surface area contributed by atoms with Crippen molar-refractivity contribution in [2.24, 2.45) is 0 Å². The van der Waals surface area contributed by atoms with Gasteiger partial charge in [0, 0.05) is 43.0 Å². The fourth-order valence-corrected chi connectivity index (χ4v) is 3.94. The van der Waals surface area contributed by atoms with Gasteiger partial charge in [0.1, 0.15) is 5.82 Å². The molecule has 4 heterocycles. The predicted octanol–water partition coefficient (Wildman–Crippen LogP) is 2.41. The molecule has 5 heteroatoms. The van der Waals surface area contributed by atoms with Gasteiger partial charge in [0.2, 0.25) is 0 Å². The van der Waals surface area contributed by atoms with E-state index in [9.17, 15) is 0 Å². The molecule has 2 aromatic heterocycles. The molecular weight excluding hydrogens is 274 g/mol. The molecule has 5 nitrogen and oxygen atoms in total. The number of anilines is 1. The maximum absolute atomic E-state index is 4.61. The summed E-state index contributed by atoms with van der Waals surface area (Å²) in [7, 11) is 0. The number of piperidine rings is 1. The van der Waals surface area contributed by atoms with Crippen LogP contribution in [0.25, 0.3) is 5.65 Å². The fraction of sp³-hybridized carbons (Fsp3) is 0.647. The first-order chi connectivity index (χ1) is 10.6. The second kappa shape index (κ2) is 5.23. The van der Waals surface area contributed by atoms with Gasteiger partial charge in [-0.15, -0.1) is 0 Å². The van der Waals surface area contributed by atoms with Crippen molar-refractivity contribution in [2.45, 2.75) is 52.1 Å². The monoisotopic (exact) mass is 299 g/mol. The molecule has 0 radical (unpaired) electrons. The molecule has 118 valence electrons. The van der Waals surface area contributed by atoms with E-state index < -0.39 is 0 Å². The minimum absolute atomic E-state index is 0.704. The predicted molar refractivity (Wildman–Crippen MR) is 88.5 cm³/mol. The number of hydrogen-bond acceptors (Lipinski definition) is 4. The van der Waals surface area contributed by atoms with E-state index in [0.29, 0.717) is 6.04 Å². The Hall–Kier alpha value is -1.62. The summed E-state index contributed by atoms with van der Waals surface area (Å²) in [6, 6.07) is 5.66. The van der Waals surface area contributed by atoms with Gasteiger partial charge < -0.3 is 4.90 Å². The van der Waals surface area contributed by atoms with Crippen LogP contribution in [0.2, 0.25) is 0 Å². The second-order valence-electron chi connectivity index (χ2n) is 6.95. The Morgan fingerprint density at radius 3 is 2.68 bits per heavy atom. The molecule has 0 aromatic carbocycles. The first-order valence-electron chi connectivity index (χ1n) is 8.46. The molecular formula is C17H25N5. The SMILES string of the molecule is Cc1cc(N2CC(N3CCCCC3C)C2)n2nc(C)cc2n1. The average molecular weight is 299 g/mol. The van der Waals surface area contributed by atoms with Crippen LogP contribution in [0, 0.1) is 13.8 Å². The van der Waals surface area contributed by atoms with Gasteiger partial charge in [-0.2, -0.15) is 9.61 Å². The van der Waals surface area contributed by atoms with Crippen LogP contribution in [0.1, 0.15) is 37.6 Å². The molecule has 0 spiro atoms. The van der Waals surface area contributed by atoms with Crippen LogP contribution in [0.4, 0.5) is 5.82 Å². The van der Waals surface area contributed by atoms with E-state index in [-0.39, 0.29) is 0 Å². The Morgan fingerprint density at radius 1 is 1.09 bits per heavy atom. The molecule has 2 aliphatic heterocycles. The van der Waals surface area contributed by atoms with Crippen molar-refractivity contribution in [3.05, 3.63) is 23.5 Å². The minimum atomic E-state index is 0.704. The zero-order valence-corrected chi connectivity index (χ0v) is 13.8.